The van der Waals surface area contributed by atoms with E-state index in [0.717, 1.165) is 0 Å². The van der Waals surface area contributed by atoms with Crippen molar-refractivity contribution in [1.82, 2.24) is 5.32 Å². The van der Waals surface area contributed by atoms with Gasteiger partial charge in [-0.2, -0.15) is 0 Å². The Kier molecular flexibility index (Phi) is 5.88. The number of hydrogen-bond donors (Lipinski definition) is 1. The van der Waals surface area contributed by atoms with E-state index < -0.39 is 6.29 Å². The molecule has 0 heterocycles. The van der Waals surface area contributed by atoms with Gasteiger partial charge in [-0.15, -0.1) is 0 Å². The molecule has 0 aliphatic rings. The average Bonchev–Trinajstić information content (AvgIpc) is 2.34. The zero-order valence-electron chi connectivity index (χ0n) is 10.4. The fourth-order valence-corrected chi connectivity index (χ4v) is 1.80. The Bertz CT molecular complexity index is 422. The van der Waals surface area contributed by atoms with Crippen LogP contribution in [0.2, 0.25) is 10.0 Å². The van der Waals surface area contributed by atoms with Crippen molar-refractivity contribution in [2.75, 3.05) is 14.2 Å². The van der Waals surface area contributed by atoms with Gasteiger partial charge in [0.05, 0.1) is 16.1 Å². The first kappa shape index (κ1) is 15.2. The monoisotopic (exact) mass is 291 g/mol. The Hall–Kier alpha value is -0.810. The van der Waals surface area contributed by atoms with Crippen LogP contribution in [0.25, 0.3) is 0 Å². The highest BCUT2D eigenvalue weighted by Crippen LogP contribution is 2.22. The molecule has 1 aromatic carbocycles. The molecule has 0 radical (unpaired) electrons. The van der Waals surface area contributed by atoms with Gasteiger partial charge in [0.15, 0.2) is 6.29 Å². The SMILES string of the molecule is COC(OC)[C@H](C)NC(=O)c1ccc(Cl)c(Cl)c1. The van der Waals surface area contributed by atoms with E-state index in [-0.39, 0.29) is 11.9 Å². The summed E-state index contributed by atoms with van der Waals surface area (Å²) < 4.78 is 10.1. The fourth-order valence-electron chi connectivity index (χ4n) is 1.50. The van der Waals surface area contributed by atoms with E-state index in [0.29, 0.717) is 15.6 Å². The smallest absolute Gasteiger partial charge is 0.251 e. The molecule has 0 aliphatic carbocycles. The molecule has 1 N–H and O–H groups in total. The van der Waals surface area contributed by atoms with Gasteiger partial charge in [0.2, 0.25) is 0 Å². The van der Waals surface area contributed by atoms with Gasteiger partial charge in [0.1, 0.15) is 0 Å². The highest BCUT2D eigenvalue weighted by molar-refractivity contribution is 6.42. The van der Waals surface area contributed by atoms with Crippen LogP contribution < -0.4 is 5.32 Å². The maximum Gasteiger partial charge on any atom is 0.251 e. The lowest BCUT2D eigenvalue weighted by Crippen LogP contribution is -2.42. The predicted molar refractivity (Wildman–Crippen MR) is 71.2 cm³/mol. The van der Waals surface area contributed by atoms with Gasteiger partial charge >= 0.3 is 0 Å². The number of methoxy groups -OCH3 is 2. The Labute approximate surface area is 116 Å². The van der Waals surface area contributed by atoms with Gasteiger partial charge in [-0.3, -0.25) is 4.79 Å². The molecular weight excluding hydrogens is 277 g/mol. The number of ether oxygens (including phenoxy) is 2. The first-order valence-corrected chi connectivity index (χ1v) is 6.06. The molecule has 0 saturated carbocycles. The second-order valence-electron chi connectivity index (χ2n) is 3.73. The second kappa shape index (κ2) is 6.95. The lowest BCUT2D eigenvalue weighted by molar-refractivity contribution is -0.117. The average molecular weight is 292 g/mol. The Morgan fingerprint density at radius 3 is 2.33 bits per heavy atom. The van der Waals surface area contributed by atoms with Crippen molar-refractivity contribution < 1.29 is 14.3 Å². The van der Waals surface area contributed by atoms with Crippen LogP contribution in [0.3, 0.4) is 0 Å². The predicted octanol–water partition coefficient (Wildman–Crippen LogP) is 2.73. The number of nitrogens with one attached hydrogen (secondary N) is 1. The first-order chi connectivity index (χ1) is 8.49. The lowest BCUT2D eigenvalue weighted by Gasteiger charge is -2.22. The quantitative estimate of drug-likeness (QED) is 0.849. The Balaban J connectivity index is 2.73. The van der Waals surface area contributed by atoms with E-state index in [1.165, 1.54) is 20.3 Å². The van der Waals surface area contributed by atoms with E-state index >= 15 is 0 Å². The van der Waals surface area contributed by atoms with Gasteiger partial charge < -0.3 is 14.8 Å². The van der Waals surface area contributed by atoms with Crippen molar-refractivity contribution in [3.8, 4) is 0 Å². The molecule has 1 aromatic rings. The topological polar surface area (TPSA) is 47.6 Å². The van der Waals surface area contributed by atoms with E-state index in [9.17, 15) is 4.79 Å². The summed E-state index contributed by atoms with van der Waals surface area (Å²) >= 11 is 11.6. The number of carbonyl (C=O) groups excluding carboxylic acids is 1. The van der Waals surface area contributed by atoms with Crippen LogP contribution in [0.5, 0.6) is 0 Å². The molecule has 18 heavy (non-hydrogen) atoms. The molecule has 1 atom stereocenters. The van der Waals surface area contributed by atoms with Crippen LogP contribution in [0.15, 0.2) is 18.2 Å². The van der Waals surface area contributed by atoms with Crippen LogP contribution in [-0.4, -0.2) is 32.5 Å². The highest BCUT2D eigenvalue weighted by atomic mass is 35.5. The van der Waals surface area contributed by atoms with Crippen molar-refractivity contribution in [1.29, 1.82) is 0 Å². The third-order valence-electron chi connectivity index (χ3n) is 2.41. The number of halogens is 2. The van der Waals surface area contributed by atoms with Gasteiger partial charge in [0.25, 0.3) is 5.91 Å². The molecule has 1 amide bonds. The molecule has 0 spiro atoms. The molecule has 1 rings (SSSR count). The fraction of sp³-hybridized carbons (Fsp3) is 0.417. The van der Waals surface area contributed by atoms with Crippen molar-refractivity contribution in [2.24, 2.45) is 0 Å². The second-order valence-corrected chi connectivity index (χ2v) is 4.55. The minimum absolute atomic E-state index is 0.264. The summed E-state index contributed by atoms with van der Waals surface area (Å²) in [5.74, 6) is -0.264. The summed E-state index contributed by atoms with van der Waals surface area (Å²) in [7, 11) is 3.02. The molecule has 0 aromatic heterocycles. The van der Waals surface area contributed by atoms with Crippen LogP contribution in [0.1, 0.15) is 17.3 Å². The molecule has 0 unspecified atom stereocenters. The summed E-state index contributed by atoms with van der Waals surface area (Å²) in [5, 5.41) is 3.50. The molecule has 6 heteroatoms. The first-order valence-electron chi connectivity index (χ1n) is 5.31. The van der Waals surface area contributed by atoms with Crippen LogP contribution in [0.4, 0.5) is 0 Å². The van der Waals surface area contributed by atoms with Gasteiger partial charge in [-0.05, 0) is 25.1 Å². The van der Waals surface area contributed by atoms with E-state index in [1.807, 2.05) is 0 Å². The molecule has 0 aliphatic heterocycles. The number of benzene rings is 1. The zero-order chi connectivity index (χ0) is 13.7. The molecule has 0 saturated heterocycles. The summed E-state index contributed by atoms with van der Waals surface area (Å²) in [6.45, 7) is 1.78. The van der Waals surface area contributed by atoms with Gasteiger partial charge in [-0.25, -0.2) is 0 Å². The van der Waals surface area contributed by atoms with E-state index in [1.54, 1.807) is 19.1 Å². The maximum atomic E-state index is 11.9. The van der Waals surface area contributed by atoms with Gasteiger partial charge in [0, 0.05) is 19.8 Å². The van der Waals surface area contributed by atoms with Crippen molar-refractivity contribution >= 4 is 29.1 Å². The zero-order valence-corrected chi connectivity index (χ0v) is 11.9. The van der Waals surface area contributed by atoms with Crippen LogP contribution >= 0.6 is 23.2 Å². The number of hydrogen-bond acceptors (Lipinski definition) is 3. The third-order valence-corrected chi connectivity index (χ3v) is 3.15. The third kappa shape index (κ3) is 3.85. The standard InChI is InChI=1S/C12H15Cl2NO3/c1-7(12(17-2)18-3)15-11(16)8-4-5-9(13)10(14)6-8/h4-7,12H,1-3H3,(H,15,16)/t7-/m0/s1. The Morgan fingerprint density at radius 2 is 1.83 bits per heavy atom. The van der Waals surface area contributed by atoms with Crippen LogP contribution in [0, 0.1) is 0 Å². The van der Waals surface area contributed by atoms with E-state index in [2.05, 4.69) is 5.32 Å². The molecule has 0 bridgehead atoms. The Morgan fingerprint density at radius 1 is 1.22 bits per heavy atom. The summed E-state index contributed by atoms with van der Waals surface area (Å²) in [6, 6.07) is 4.40. The summed E-state index contributed by atoms with van der Waals surface area (Å²) in [4.78, 5) is 11.9. The van der Waals surface area contributed by atoms with Gasteiger partial charge in [-0.1, -0.05) is 23.2 Å². The van der Waals surface area contributed by atoms with Crippen LogP contribution in [-0.2, 0) is 9.47 Å². The van der Waals surface area contributed by atoms with Crippen molar-refractivity contribution in [3.05, 3.63) is 33.8 Å². The minimum atomic E-state index is -0.503. The molecule has 100 valence electrons. The van der Waals surface area contributed by atoms with Crippen molar-refractivity contribution in [3.63, 3.8) is 0 Å². The number of rotatable bonds is 5. The molecule has 0 fully saturated rings. The molecular formula is C12H15Cl2NO3. The highest BCUT2D eigenvalue weighted by Gasteiger charge is 2.19. The van der Waals surface area contributed by atoms with Crippen molar-refractivity contribution in [2.45, 2.75) is 19.3 Å². The summed E-state index contributed by atoms with van der Waals surface area (Å²) in [5.41, 5.74) is 0.433. The summed E-state index contributed by atoms with van der Waals surface area (Å²) in [6.07, 6.45) is -0.503. The minimum Gasteiger partial charge on any atom is -0.354 e. The van der Waals surface area contributed by atoms with E-state index in [4.69, 9.17) is 32.7 Å². The maximum absolute atomic E-state index is 11.9. The number of amides is 1. The largest absolute Gasteiger partial charge is 0.354 e. The molecule has 4 nitrogen and oxygen atoms in total. The normalized spacial score (nSPS) is 12.6. The lowest BCUT2D eigenvalue weighted by atomic mass is 10.2. The number of carbonyl (C=O) groups is 1.